The molecule has 8 heteroatoms. The van der Waals surface area contributed by atoms with Gasteiger partial charge in [-0.05, 0) is 23.8 Å². The summed E-state index contributed by atoms with van der Waals surface area (Å²) in [6.07, 6.45) is 0. The highest BCUT2D eigenvalue weighted by molar-refractivity contribution is 7.71. The minimum atomic E-state index is -0.0814. The predicted octanol–water partition coefficient (Wildman–Crippen LogP) is 2.40. The molecule has 1 N–H and O–H groups in total. The lowest BCUT2D eigenvalue weighted by molar-refractivity contribution is 0.187. The zero-order valence-corrected chi connectivity index (χ0v) is 13.1. The second-order valence-electron chi connectivity index (χ2n) is 5.20. The Morgan fingerprint density at radius 2 is 2.16 bits per heavy atom. The Morgan fingerprint density at radius 3 is 2.79 bits per heavy atom. The second kappa shape index (κ2) is 5.48. The molecular formula is C11H17N5OS2. The summed E-state index contributed by atoms with van der Waals surface area (Å²) in [5.41, 5.74) is 0.854. The molecule has 0 saturated carbocycles. The molecule has 0 aliphatic rings. The van der Waals surface area contributed by atoms with Gasteiger partial charge in [-0.3, -0.25) is 9.67 Å². The first-order valence-electron chi connectivity index (χ1n) is 5.92. The predicted molar refractivity (Wildman–Crippen MR) is 76.9 cm³/mol. The molecule has 2 rings (SSSR count). The van der Waals surface area contributed by atoms with Crippen LogP contribution in [0.25, 0.3) is 10.7 Å². The Bertz CT molecular complexity index is 607. The van der Waals surface area contributed by atoms with Gasteiger partial charge in [-0.15, -0.1) is 5.10 Å². The molecule has 0 amide bonds. The fourth-order valence-corrected chi connectivity index (χ4v) is 2.81. The van der Waals surface area contributed by atoms with E-state index in [1.807, 2.05) is 4.57 Å². The lowest BCUT2D eigenvalue weighted by atomic mass is 9.91. The number of hydrogen-bond acceptors (Lipinski definition) is 6. The highest BCUT2D eigenvalue weighted by Gasteiger charge is 2.26. The number of H-pyrrole nitrogens is 1. The van der Waals surface area contributed by atoms with Crippen LogP contribution in [-0.2, 0) is 16.7 Å². The van der Waals surface area contributed by atoms with Crippen LogP contribution < -0.4 is 0 Å². The maximum Gasteiger partial charge on any atom is 0.195 e. The first-order valence-corrected chi connectivity index (χ1v) is 7.10. The molecule has 2 aromatic rings. The Balaban J connectivity index is 2.48. The zero-order chi connectivity index (χ0) is 14.0. The molecular weight excluding hydrogens is 282 g/mol. The van der Waals surface area contributed by atoms with E-state index in [0.717, 1.165) is 16.4 Å². The topological polar surface area (TPSA) is 68.6 Å². The minimum absolute atomic E-state index is 0.0814. The highest BCUT2D eigenvalue weighted by atomic mass is 32.1. The number of nitrogens with zero attached hydrogens (tertiary/aromatic N) is 4. The number of aromatic amines is 1. The molecule has 0 aromatic carbocycles. The Labute approximate surface area is 121 Å². The quantitative estimate of drug-likeness (QED) is 0.878. The van der Waals surface area contributed by atoms with Crippen molar-refractivity contribution in [3.63, 3.8) is 0 Å². The van der Waals surface area contributed by atoms with Crippen molar-refractivity contribution in [1.29, 1.82) is 0 Å². The lowest BCUT2D eigenvalue weighted by Crippen LogP contribution is -2.14. The number of nitrogens with one attached hydrogen (secondary N) is 1. The van der Waals surface area contributed by atoms with Crippen molar-refractivity contribution < 1.29 is 4.74 Å². The molecule has 2 heterocycles. The van der Waals surface area contributed by atoms with Gasteiger partial charge in [0.25, 0.3) is 0 Å². The van der Waals surface area contributed by atoms with Crippen molar-refractivity contribution in [3.8, 4) is 10.7 Å². The van der Waals surface area contributed by atoms with E-state index in [1.54, 1.807) is 7.11 Å². The fourth-order valence-electron chi connectivity index (χ4n) is 1.71. The van der Waals surface area contributed by atoms with Gasteiger partial charge < -0.3 is 4.74 Å². The third-order valence-corrected chi connectivity index (χ3v) is 3.71. The van der Waals surface area contributed by atoms with E-state index in [0.29, 0.717) is 17.9 Å². The van der Waals surface area contributed by atoms with Crippen molar-refractivity contribution in [3.05, 3.63) is 10.5 Å². The maximum atomic E-state index is 5.25. The zero-order valence-electron chi connectivity index (χ0n) is 11.4. The number of aromatic nitrogens is 5. The number of methoxy groups -OCH3 is 1. The van der Waals surface area contributed by atoms with Crippen LogP contribution in [0, 0.1) is 4.77 Å². The summed E-state index contributed by atoms with van der Waals surface area (Å²) in [5, 5.41) is 11.4. The van der Waals surface area contributed by atoms with Gasteiger partial charge in [0.05, 0.1) is 18.8 Å². The van der Waals surface area contributed by atoms with Crippen molar-refractivity contribution >= 4 is 23.8 Å². The van der Waals surface area contributed by atoms with E-state index in [9.17, 15) is 0 Å². The molecule has 6 nitrogen and oxygen atoms in total. The van der Waals surface area contributed by atoms with Crippen LogP contribution in [0.3, 0.4) is 0 Å². The number of rotatable bonds is 4. The van der Waals surface area contributed by atoms with Crippen molar-refractivity contribution in [1.82, 2.24) is 24.4 Å². The summed E-state index contributed by atoms with van der Waals surface area (Å²) >= 11 is 6.59. The van der Waals surface area contributed by atoms with E-state index < -0.39 is 0 Å². The third-order valence-electron chi connectivity index (χ3n) is 2.68. The van der Waals surface area contributed by atoms with Gasteiger partial charge in [-0.25, -0.2) is 0 Å². The van der Waals surface area contributed by atoms with Crippen molar-refractivity contribution in [2.24, 2.45) is 0 Å². The SMILES string of the molecule is COCCn1c(-c2snnc2C(C)(C)C)n[nH]c1=S. The molecule has 0 fully saturated rings. The van der Waals surface area contributed by atoms with Crippen LogP contribution in [0.1, 0.15) is 26.5 Å². The highest BCUT2D eigenvalue weighted by Crippen LogP contribution is 2.32. The maximum absolute atomic E-state index is 5.25. The summed E-state index contributed by atoms with van der Waals surface area (Å²) in [7, 11) is 1.66. The molecule has 0 aliphatic heterocycles. The van der Waals surface area contributed by atoms with Gasteiger partial charge in [0.2, 0.25) is 0 Å². The molecule has 0 aliphatic carbocycles. The van der Waals surface area contributed by atoms with Crippen molar-refractivity contribution in [2.75, 3.05) is 13.7 Å². The smallest absolute Gasteiger partial charge is 0.195 e. The van der Waals surface area contributed by atoms with Gasteiger partial charge in [0, 0.05) is 12.5 Å². The normalized spacial score (nSPS) is 12.0. The first-order chi connectivity index (χ1) is 8.95. The molecule has 104 valence electrons. The largest absolute Gasteiger partial charge is 0.383 e. The molecule has 0 bridgehead atoms. The molecule has 0 radical (unpaired) electrons. The fraction of sp³-hybridized carbons (Fsp3) is 0.636. The van der Waals surface area contributed by atoms with Gasteiger partial charge in [0.15, 0.2) is 10.6 Å². The summed E-state index contributed by atoms with van der Waals surface area (Å²) in [6, 6.07) is 0. The second-order valence-corrected chi connectivity index (χ2v) is 6.34. The lowest BCUT2D eigenvalue weighted by Gasteiger charge is -2.16. The molecule has 0 atom stereocenters. The summed E-state index contributed by atoms with van der Waals surface area (Å²) < 4.78 is 11.7. The first kappa shape index (κ1) is 14.3. The minimum Gasteiger partial charge on any atom is -0.383 e. The van der Waals surface area contributed by atoms with Crippen LogP contribution in [0.2, 0.25) is 0 Å². The molecule has 0 spiro atoms. The van der Waals surface area contributed by atoms with Crippen LogP contribution in [0.4, 0.5) is 0 Å². The van der Waals surface area contributed by atoms with Gasteiger partial charge in [0.1, 0.15) is 4.88 Å². The van der Waals surface area contributed by atoms with E-state index in [4.69, 9.17) is 17.0 Å². The van der Waals surface area contributed by atoms with E-state index >= 15 is 0 Å². The van der Waals surface area contributed by atoms with Gasteiger partial charge in [-0.1, -0.05) is 25.3 Å². The summed E-state index contributed by atoms with van der Waals surface area (Å²) in [4.78, 5) is 0.955. The summed E-state index contributed by atoms with van der Waals surface area (Å²) in [5.74, 6) is 0.780. The molecule has 0 saturated heterocycles. The Hall–Kier alpha value is -1.12. The number of hydrogen-bond donors (Lipinski definition) is 1. The standard InChI is InChI=1S/C11H17N5OS2/c1-11(2,3)8-7(19-15-12-8)9-13-14-10(18)16(9)5-6-17-4/h5-6H2,1-4H3,(H,14,18). The van der Waals surface area contributed by atoms with E-state index in [-0.39, 0.29) is 5.41 Å². The van der Waals surface area contributed by atoms with Gasteiger partial charge in [-0.2, -0.15) is 5.10 Å². The molecule has 19 heavy (non-hydrogen) atoms. The Morgan fingerprint density at radius 1 is 1.42 bits per heavy atom. The third kappa shape index (κ3) is 2.90. The monoisotopic (exact) mass is 299 g/mol. The number of ether oxygens (including phenoxy) is 1. The van der Waals surface area contributed by atoms with Crippen LogP contribution in [0.15, 0.2) is 0 Å². The summed E-state index contributed by atoms with van der Waals surface area (Å²) in [6.45, 7) is 7.55. The van der Waals surface area contributed by atoms with Gasteiger partial charge >= 0.3 is 0 Å². The molecule has 2 aromatic heterocycles. The molecule has 0 unspecified atom stereocenters. The van der Waals surface area contributed by atoms with E-state index in [2.05, 4.69) is 40.6 Å². The van der Waals surface area contributed by atoms with Crippen molar-refractivity contribution in [2.45, 2.75) is 32.7 Å². The van der Waals surface area contributed by atoms with Crippen LogP contribution >= 0.6 is 23.8 Å². The average molecular weight is 299 g/mol. The Kier molecular flexibility index (Phi) is 4.12. The van der Waals surface area contributed by atoms with Crippen LogP contribution in [0.5, 0.6) is 0 Å². The van der Waals surface area contributed by atoms with E-state index in [1.165, 1.54) is 11.5 Å². The van der Waals surface area contributed by atoms with Crippen LogP contribution in [-0.4, -0.2) is 38.1 Å². The average Bonchev–Trinajstić information content (AvgIpc) is 2.92.